The Bertz CT molecular complexity index is 623. The molecule has 2 aromatic rings. The Kier molecular flexibility index (Phi) is 5.33. The number of nitrogens with one attached hydrogen (secondary N) is 1. The fraction of sp³-hybridized carbons (Fsp3) is 0.333. The van der Waals surface area contributed by atoms with Crippen LogP contribution in [-0.2, 0) is 0 Å². The molecule has 4 nitrogen and oxygen atoms in total. The monoisotopic (exact) mass is 323 g/mol. The van der Waals surface area contributed by atoms with Crippen molar-refractivity contribution >= 4 is 29.7 Å². The van der Waals surface area contributed by atoms with Gasteiger partial charge in [-0.3, -0.25) is 4.79 Å². The largest absolute Gasteiger partial charge is 0.336 e. The Hall–Kier alpha value is -1.43. The van der Waals surface area contributed by atoms with E-state index >= 15 is 0 Å². The molecular formula is C15H18ClN3OS. The van der Waals surface area contributed by atoms with Crippen LogP contribution in [0.5, 0.6) is 0 Å². The average molecular weight is 324 g/mol. The van der Waals surface area contributed by atoms with Crippen molar-refractivity contribution in [3.63, 3.8) is 0 Å². The second-order valence-corrected chi connectivity index (χ2v) is 5.78. The van der Waals surface area contributed by atoms with Gasteiger partial charge in [-0.15, -0.1) is 23.7 Å². The van der Waals surface area contributed by atoms with E-state index in [2.05, 4.69) is 10.3 Å². The molecule has 1 aliphatic rings. The zero-order valence-corrected chi connectivity index (χ0v) is 13.5. The van der Waals surface area contributed by atoms with Gasteiger partial charge in [0, 0.05) is 48.4 Å². The Labute approximate surface area is 134 Å². The van der Waals surface area contributed by atoms with Crippen molar-refractivity contribution in [1.29, 1.82) is 0 Å². The minimum Gasteiger partial charge on any atom is -0.336 e. The van der Waals surface area contributed by atoms with Crippen molar-refractivity contribution in [3.8, 4) is 10.6 Å². The summed E-state index contributed by atoms with van der Waals surface area (Å²) in [7, 11) is 0. The molecule has 0 saturated carbocycles. The summed E-state index contributed by atoms with van der Waals surface area (Å²) < 4.78 is 0. The fourth-order valence-electron chi connectivity index (χ4n) is 2.32. The van der Waals surface area contributed by atoms with Gasteiger partial charge < -0.3 is 10.2 Å². The third-order valence-corrected chi connectivity index (χ3v) is 4.39. The summed E-state index contributed by atoms with van der Waals surface area (Å²) >= 11 is 1.61. The van der Waals surface area contributed by atoms with Crippen LogP contribution < -0.4 is 5.32 Å². The van der Waals surface area contributed by atoms with E-state index in [-0.39, 0.29) is 18.3 Å². The number of hydrogen-bond donors (Lipinski definition) is 1. The summed E-state index contributed by atoms with van der Waals surface area (Å²) in [6.07, 6.45) is 0. The molecule has 1 aliphatic heterocycles. The van der Waals surface area contributed by atoms with Crippen molar-refractivity contribution < 1.29 is 4.79 Å². The van der Waals surface area contributed by atoms with Crippen LogP contribution in [0.3, 0.4) is 0 Å². The lowest BCUT2D eigenvalue weighted by Crippen LogP contribution is -2.46. The number of rotatable bonds is 2. The van der Waals surface area contributed by atoms with E-state index in [4.69, 9.17) is 0 Å². The quantitative estimate of drug-likeness (QED) is 0.924. The van der Waals surface area contributed by atoms with Crippen molar-refractivity contribution in [2.45, 2.75) is 6.92 Å². The molecule has 1 aromatic carbocycles. The topological polar surface area (TPSA) is 45.2 Å². The number of carbonyl (C=O) groups is 1. The Morgan fingerprint density at radius 1 is 1.33 bits per heavy atom. The first-order valence-electron chi connectivity index (χ1n) is 6.76. The Morgan fingerprint density at radius 2 is 2.10 bits per heavy atom. The molecule has 0 bridgehead atoms. The van der Waals surface area contributed by atoms with Crippen LogP contribution in [0.15, 0.2) is 29.6 Å². The van der Waals surface area contributed by atoms with Gasteiger partial charge in [-0.05, 0) is 19.1 Å². The number of nitrogens with zero attached hydrogens (tertiary/aromatic N) is 2. The molecule has 1 fully saturated rings. The van der Waals surface area contributed by atoms with Crippen LogP contribution in [0.25, 0.3) is 10.6 Å². The molecule has 1 N–H and O–H groups in total. The van der Waals surface area contributed by atoms with Gasteiger partial charge in [0.1, 0.15) is 5.01 Å². The number of aryl methyl sites for hydroxylation is 1. The van der Waals surface area contributed by atoms with Crippen LogP contribution in [0.1, 0.15) is 16.1 Å². The van der Waals surface area contributed by atoms with Crippen LogP contribution in [-0.4, -0.2) is 42.0 Å². The highest BCUT2D eigenvalue weighted by molar-refractivity contribution is 7.13. The number of piperazine rings is 1. The number of benzene rings is 1. The number of halogens is 1. The van der Waals surface area contributed by atoms with Crippen molar-refractivity contribution in [3.05, 3.63) is 40.9 Å². The smallest absolute Gasteiger partial charge is 0.253 e. The third kappa shape index (κ3) is 3.61. The van der Waals surface area contributed by atoms with Gasteiger partial charge in [0.25, 0.3) is 5.91 Å². The standard InChI is InChI=1S/C15H17N3OS.ClH/c1-11-10-20-14(17-11)12-3-2-4-13(9-12)15(19)18-7-5-16-6-8-18;/h2-4,9-10,16H,5-8H2,1H3;1H. The average Bonchev–Trinajstić information content (AvgIpc) is 2.94. The maximum atomic E-state index is 12.5. The van der Waals surface area contributed by atoms with Crippen LogP contribution in [0.4, 0.5) is 0 Å². The predicted octanol–water partition coefficient (Wildman–Crippen LogP) is 2.59. The maximum absolute atomic E-state index is 12.5. The van der Waals surface area contributed by atoms with E-state index in [1.54, 1.807) is 11.3 Å². The van der Waals surface area contributed by atoms with Gasteiger partial charge in [0.2, 0.25) is 0 Å². The van der Waals surface area contributed by atoms with Gasteiger partial charge >= 0.3 is 0 Å². The lowest BCUT2D eigenvalue weighted by Gasteiger charge is -2.27. The first kappa shape index (κ1) is 15.9. The number of thiazole rings is 1. The number of carbonyl (C=O) groups excluding carboxylic acids is 1. The third-order valence-electron chi connectivity index (χ3n) is 3.38. The van der Waals surface area contributed by atoms with E-state index in [0.29, 0.717) is 0 Å². The molecule has 1 aromatic heterocycles. The van der Waals surface area contributed by atoms with E-state index in [9.17, 15) is 4.79 Å². The normalized spacial score (nSPS) is 14.6. The lowest BCUT2D eigenvalue weighted by atomic mass is 10.1. The van der Waals surface area contributed by atoms with E-state index in [1.807, 2.05) is 41.5 Å². The van der Waals surface area contributed by atoms with E-state index in [0.717, 1.165) is 48.0 Å². The molecule has 21 heavy (non-hydrogen) atoms. The molecule has 6 heteroatoms. The molecule has 112 valence electrons. The SMILES string of the molecule is Cc1csc(-c2cccc(C(=O)N3CCNCC3)c2)n1.Cl. The summed E-state index contributed by atoms with van der Waals surface area (Å²) in [6.45, 7) is 5.28. The minimum atomic E-state index is 0. The highest BCUT2D eigenvalue weighted by atomic mass is 35.5. The highest BCUT2D eigenvalue weighted by Crippen LogP contribution is 2.24. The van der Waals surface area contributed by atoms with Gasteiger partial charge in [0.05, 0.1) is 0 Å². The summed E-state index contributed by atoms with van der Waals surface area (Å²) in [5.41, 5.74) is 2.78. The second-order valence-electron chi connectivity index (χ2n) is 4.92. The molecule has 2 heterocycles. The van der Waals surface area contributed by atoms with Crippen LogP contribution in [0.2, 0.25) is 0 Å². The molecule has 1 saturated heterocycles. The number of aromatic nitrogens is 1. The summed E-state index contributed by atoms with van der Waals surface area (Å²) in [5.74, 6) is 0.113. The summed E-state index contributed by atoms with van der Waals surface area (Å²) in [4.78, 5) is 18.9. The molecule has 1 amide bonds. The zero-order chi connectivity index (χ0) is 13.9. The number of hydrogen-bond acceptors (Lipinski definition) is 4. The fourth-order valence-corrected chi connectivity index (χ4v) is 3.12. The zero-order valence-electron chi connectivity index (χ0n) is 11.8. The molecule has 3 rings (SSSR count). The van der Waals surface area contributed by atoms with Crippen LogP contribution in [0, 0.1) is 6.92 Å². The van der Waals surface area contributed by atoms with Gasteiger partial charge in [0.15, 0.2) is 0 Å². The van der Waals surface area contributed by atoms with Gasteiger partial charge in [-0.2, -0.15) is 0 Å². The van der Waals surface area contributed by atoms with Crippen LogP contribution >= 0.6 is 23.7 Å². The lowest BCUT2D eigenvalue weighted by molar-refractivity contribution is 0.0736. The summed E-state index contributed by atoms with van der Waals surface area (Å²) in [6, 6.07) is 7.77. The first-order chi connectivity index (χ1) is 9.74. The van der Waals surface area contributed by atoms with Crippen molar-refractivity contribution in [2.24, 2.45) is 0 Å². The summed E-state index contributed by atoms with van der Waals surface area (Å²) in [5, 5.41) is 6.26. The van der Waals surface area contributed by atoms with E-state index in [1.165, 1.54) is 0 Å². The molecule has 0 spiro atoms. The van der Waals surface area contributed by atoms with Crippen molar-refractivity contribution in [2.75, 3.05) is 26.2 Å². The second kappa shape index (κ2) is 7.02. The molecular weight excluding hydrogens is 306 g/mol. The Morgan fingerprint density at radius 3 is 2.76 bits per heavy atom. The highest BCUT2D eigenvalue weighted by Gasteiger charge is 2.18. The first-order valence-corrected chi connectivity index (χ1v) is 7.64. The maximum Gasteiger partial charge on any atom is 0.253 e. The van der Waals surface area contributed by atoms with E-state index < -0.39 is 0 Å². The number of amides is 1. The minimum absolute atomic E-state index is 0. The predicted molar refractivity (Wildman–Crippen MR) is 88.3 cm³/mol. The molecule has 0 unspecified atom stereocenters. The molecule has 0 aliphatic carbocycles. The molecule has 0 atom stereocenters. The van der Waals surface area contributed by atoms with Gasteiger partial charge in [-0.25, -0.2) is 4.98 Å². The molecule has 0 radical (unpaired) electrons. The van der Waals surface area contributed by atoms with Gasteiger partial charge in [-0.1, -0.05) is 12.1 Å². The Balaban J connectivity index is 0.00000161. The van der Waals surface area contributed by atoms with Crippen molar-refractivity contribution in [1.82, 2.24) is 15.2 Å².